The van der Waals surface area contributed by atoms with Gasteiger partial charge in [-0.05, 0) is 53.6 Å². The SMILES string of the molecule is COC(=O)[C@H](CCSC)NC(=O)c1ccc(C=C(Cn2ccnc2)c2nccs2)cc1-c1cccs1. The Morgan fingerprint density at radius 2 is 2.11 bits per heavy atom. The molecule has 7 nitrogen and oxygen atoms in total. The van der Waals surface area contributed by atoms with E-state index in [0.717, 1.165) is 32.3 Å². The molecule has 186 valence electrons. The van der Waals surface area contributed by atoms with Gasteiger partial charge in [0.25, 0.3) is 5.91 Å². The van der Waals surface area contributed by atoms with Gasteiger partial charge in [-0.1, -0.05) is 12.1 Å². The molecule has 4 aromatic rings. The Bertz CT molecular complexity index is 1300. The van der Waals surface area contributed by atoms with Gasteiger partial charge in [0.2, 0.25) is 0 Å². The van der Waals surface area contributed by atoms with Crippen molar-refractivity contribution in [2.24, 2.45) is 0 Å². The van der Waals surface area contributed by atoms with E-state index in [9.17, 15) is 9.59 Å². The molecule has 1 N–H and O–H groups in total. The first-order chi connectivity index (χ1) is 17.6. The predicted molar refractivity (Wildman–Crippen MR) is 148 cm³/mol. The van der Waals surface area contributed by atoms with E-state index >= 15 is 0 Å². The van der Waals surface area contributed by atoms with Gasteiger partial charge in [-0.25, -0.2) is 14.8 Å². The quantitative estimate of drug-likeness (QED) is 0.260. The summed E-state index contributed by atoms with van der Waals surface area (Å²) < 4.78 is 6.91. The molecule has 0 spiro atoms. The number of nitrogens with zero attached hydrogens (tertiary/aromatic N) is 3. The third kappa shape index (κ3) is 6.51. The normalized spacial score (nSPS) is 12.3. The standard InChI is InChI=1S/C26H26N4O3S3/c1-33-26(32)22(7-12-34-2)29-24(31)20-6-5-18(15-21(20)23-4-3-11-35-23)14-19(25-28-9-13-36-25)16-30-10-8-27-17-30/h3-6,8-11,13-15,17,22H,7,12,16H2,1-2H3,(H,29,31)/t22-/m0/s1. The molecule has 4 rings (SSSR count). The molecule has 0 aliphatic rings. The Hall–Kier alpha value is -3.21. The summed E-state index contributed by atoms with van der Waals surface area (Å²) in [7, 11) is 1.34. The Kier molecular flexibility index (Phi) is 9.10. The molecule has 0 fully saturated rings. The highest BCUT2D eigenvalue weighted by molar-refractivity contribution is 7.98. The minimum atomic E-state index is -0.697. The lowest BCUT2D eigenvalue weighted by molar-refractivity contribution is -0.142. The lowest BCUT2D eigenvalue weighted by atomic mass is 10.00. The summed E-state index contributed by atoms with van der Waals surface area (Å²) in [5.74, 6) is -0.0101. The van der Waals surface area contributed by atoms with Gasteiger partial charge in [-0.2, -0.15) is 11.8 Å². The molecule has 1 aromatic carbocycles. The molecule has 0 saturated carbocycles. The lowest BCUT2D eigenvalue weighted by Crippen LogP contribution is -2.42. The first-order valence-electron chi connectivity index (χ1n) is 11.2. The van der Waals surface area contributed by atoms with Crippen LogP contribution in [0.2, 0.25) is 0 Å². The molecule has 0 aliphatic heterocycles. The number of methoxy groups -OCH3 is 1. The third-order valence-electron chi connectivity index (χ3n) is 5.44. The largest absolute Gasteiger partial charge is 0.467 e. The highest BCUT2D eigenvalue weighted by Gasteiger charge is 2.23. The van der Waals surface area contributed by atoms with Crippen molar-refractivity contribution in [3.8, 4) is 10.4 Å². The minimum absolute atomic E-state index is 0.302. The van der Waals surface area contributed by atoms with Crippen molar-refractivity contribution < 1.29 is 14.3 Å². The van der Waals surface area contributed by atoms with Gasteiger partial charge < -0.3 is 14.6 Å². The van der Waals surface area contributed by atoms with Crippen LogP contribution in [0.15, 0.2) is 66.0 Å². The van der Waals surface area contributed by atoms with Crippen molar-refractivity contribution in [2.45, 2.75) is 19.0 Å². The first kappa shape index (κ1) is 25.9. The smallest absolute Gasteiger partial charge is 0.328 e. The van der Waals surface area contributed by atoms with Crippen LogP contribution in [0.5, 0.6) is 0 Å². The van der Waals surface area contributed by atoms with E-state index in [4.69, 9.17) is 4.74 Å². The molecule has 3 aromatic heterocycles. The van der Waals surface area contributed by atoms with Crippen molar-refractivity contribution in [3.63, 3.8) is 0 Å². The van der Waals surface area contributed by atoms with Gasteiger partial charge >= 0.3 is 5.97 Å². The van der Waals surface area contributed by atoms with Crippen molar-refractivity contribution in [2.75, 3.05) is 19.1 Å². The second kappa shape index (κ2) is 12.7. The first-order valence-corrected chi connectivity index (χ1v) is 14.4. The second-order valence-corrected chi connectivity index (χ2v) is 10.7. The summed E-state index contributed by atoms with van der Waals surface area (Å²) in [5, 5.41) is 7.74. The number of aromatic nitrogens is 3. The summed E-state index contributed by atoms with van der Waals surface area (Å²) in [4.78, 5) is 35.2. The molecule has 10 heteroatoms. The highest BCUT2D eigenvalue weighted by atomic mass is 32.2. The molecule has 36 heavy (non-hydrogen) atoms. The lowest BCUT2D eigenvalue weighted by Gasteiger charge is -2.17. The summed E-state index contributed by atoms with van der Waals surface area (Å²) in [6, 6.07) is 9.00. The summed E-state index contributed by atoms with van der Waals surface area (Å²) in [6.07, 6.45) is 11.8. The number of benzene rings is 1. The fourth-order valence-electron chi connectivity index (χ4n) is 3.68. The number of carbonyl (C=O) groups is 2. The molecule has 1 atom stereocenters. The number of allylic oxidation sites excluding steroid dienone is 1. The maximum Gasteiger partial charge on any atom is 0.328 e. The van der Waals surface area contributed by atoms with Crippen LogP contribution in [-0.4, -0.2) is 51.6 Å². The van der Waals surface area contributed by atoms with Crippen LogP contribution in [0, 0.1) is 0 Å². The van der Waals surface area contributed by atoms with Crippen molar-refractivity contribution in [3.05, 3.63) is 82.1 Å². The number of hydrogen-bond acceptors (Lipinski definition) is 8. The summed E-state index contributed by atoms with van der Waals surface area (Å²) >= 11 is 4.76. The van der Waals surface area contributed by atoms with E-state index in [1.165, 1.54) is 7.11 Å². The zero-order valence-electron chi connectivity index (χ0n) is 19.9. The number of thioether (sulfide) groups is 1. The Morgan fingerprint density at radius 3 is 2.78 bits per heavy atom. The molecule has 0 bridgehead atoms. The van der Waals surface area contributed by atoms with Crippen molar-refractivity contribution >= 4 is 58.0 Å². The number of hydrogen-bond donors (Lipinski definition) is 1. The zero-order valence-corrected chi connectivity index (χ0v) is 22.4. The number of esters is 1. The fraction of sp³-hybridized carbons (Fsp3) is 0.231. The Balaban J connectivity index is 1.69. The van der Waals surface area contributed by atoms with Crippen LogP contribution >= 0.6 is 34.4 Å². The molecule has 3 heterocycles. The number of thiophene rings is 1. The van der Waals surface area contributed by atoms with Crippen molar-refractivity contribution in [1.82, 2.24) is 19.9 Å². The van der Waals surface area contributed by atoms with Gasteiger partial charge in [0, 0.05) is 45.5 Å². The van der Waals surface area contributed by atoms with E-state index in [-0.39, 0.29) is 5.91 Å². The summed E-state index contributed by atoms with van der Waals surface area (Å²) in [5.41, 5.74) is 3.32. The monoisotopic (exact) mass is 538 g/mol. The highest BCUT2D eigenvalue weighted by Crippen LogP contribution is 2.31. The fourth-order valence-corrected chi connectivity index (χ4v) is 5.56. The number of imidazole rings is 1. The molecular formula is C26H26N4O3S3. The maximum absolute atomic E-state index is 13.3. The van der Waals surface area contributed by atoms with Gasteiger partial charge in [0.05, 0.1) is 20.0 Å². The molecular weight excluding hydrogens is 513 g/mol. The van der Waals surface area contributed by atoms with Crippen LogP contribution in [0.25, 0.3) is 22.1 Å². The molecule has 0 radical (unpaired) electrons. The average Bonchev–Trinajstić information content (AvgIpc) is 3.69. The third-order valence-corrected chi connectivity index (χ3v) is 7.83. The van der Waals surface area contributed by atoms with E-state index < -0.39 is 12.0 Å². The van der Waals surface area contributed by atoms with Crippen molar-refractivity contribution in [1.29, 1.82) is 0 Å². The number of carbonyl (C=O) groups excluding carboxylic acids is 2. The predicted octanol–water partition coefficient (Wildman–Crippen LogP) is 5.33. The maximum atomic E-state index is 13.3. The number of rotatable bonds is 11. The number of ether oxygens (including phenoxy) is 1. The van der Waals surface area contributed by atoms with Crippen LogP contribution in [0.1, 0.15) is 27.3 Å². The average molecular weight is 539 g/mol. The minimum Gasteiger partial charge on any atom is -0.467 e. The number of thiazole rings is 1. The van der Waals surface area contributed by atoms with Crippen LogP contribution in [0.3, 0.4) is 0 Å². The second-order valence-electron chi connectivity index (χ2n) is 7.85. The molecule has 1 amide bonds. The van der Waals surface area contributed by atoms with Gasteiger partial charge in [0.1, 0.15) is 11.0 Å². The molecule has 0 unspecified atom stereocenters. The summed E-state index contributed by atoms with van der Waals surface area (Å²) in [6.45, 7) is 0.625. The molecule has 0 saturated heterocycles. The van der Waals surface area contributed by atoms with E-state index in [1.807, 2.05) is 58.1 Å². The van der Waals surface area contributed by atoms with E-state index in [2.05, 4.69) is 21.4 Å². The van der Waals surface area contributed by atoms with E-state index in [0.29, 0.717) is 18.5 Å². The van der Waals surface area contributed by atoms with Crippen LogP contribution in [-0.2, 0) is 16.1 Å². The van der Waals surface area contributed by atoms with Crippen LogP contribution in [0.4, 0.5) is 0 Å². The van der Waals surface area contributed by atoms with Crippen LogP contribution < -0.4 is 5.32 Å². The Labute approximate surface area is 222 Å². The zero-order chi connectivity index (χ0) is 25.3. The van der Waals surface area contributed by atoms with E-state index in [1.54, 1.807) is 53.2 Å². The van der Waals surface area contributed by atoms with Gasteiger partial charge in [-0.3, -0.25) is 4.79 Å². The van der Waals surface area contributed by atoms with Gasteiger partial charge in [0.15, 0.2) is 0 Å². The number of nitrogens with one attached hydrogen (secondary N) is 1. The topological polar surface area (TPSA) is 86.1 Å². The number of amides is 1. The Morgan fingerprint density at radius 1 is 1.22 bits per heavy atom. The van der Waals surface area contributed by atoms with Gasteiger partial charge in [-0.15, -0.1) is 22.7 Å². The molecule has 0 aliphatic carbocycles.